The molecule has 0 aliphatic carbocycles. The van der Waals surface area contributed by atoms with E-state index in [9.17, 15) is 9.59 Å². The number of anilines is 1. The molecule has 0 radical (unpaired) electrons. The molecule has 0 bridgehead atoms. The van der Waals surface area contributed by atoms with E-state index in [1.807, 2.05) is 30.3 Å². The fourth-order valence-electron chi connectivity index (χ4n) is 3.29. The summed E-state index contributed by atoms with van der Waals surface area (Å²) in [5.41, 5.74) is 2.78. The molecule has 0 saturated carbocycles. The molecule has 1 aliphatic rings. The van der Waals surface area contributed by atoms with Gasteiger partial charge in [-0.2, -0.15) is 0 Å². The van der Waals surface area contributed by atoms with Crippen LogP contribution in [0, 0.1) is 0 Å². The third kappa shape index (κ3) is 5.64. The summed E-state index contributed by atoms with van der Waals surface area (Å²) in [4.78, 5) is 27.7. The van der Waals surface area contributed by atoms with Crippen molar-refractivity contribution in [3.63, 3.8) is 0 Å². The summed E-state index contributed by atoms with van der Waals surface area (Å²) in [6.07, 6.45) is 3.53. The number of nitrogens with one attached hydrogen (secondary N) is 2. The normalized spacial score (nSPS) is 12.7. The monoisotopic (exact) mass is 439 g/mol. The van der Waals surface area contributed by atoms with Gasteiger partial charge in [0, 0.05) is 35.5 Å². The lowest BCUT2D eigenvalue weighted by Gasteiger charge is -2.17. The van der Waals surface area contributed by atoms with Crippen molar-refractivity contribution in [3.8, 4) is 17.1 Å². The molecule has 0 fully saturated rings. The first kappa shape index (κ1) is 20.9. The van der Waals surface area contributed by atoms with E-state index < -0.39 is 0 Å². The Balaban J connectivity index is 1.17. The molecule has 1 aromatic heterocycles. The minimum absolute atomic E-state index is 0.0369. The number of hydrogen-bond acceptors (Lipinski definition) is 5. The van der Waals surface area contributed by atoms with Gasteiger partial charge in [-0.1, -0.05) is 11.6 Å². The van der Waals surface area contributed by atoms with Gasteiger partial charge >= 0.3 is 0 Å². The predicted octanol–water partition coefficient (Wildman–Crippen LogP) is 4.01. The van der Waals surface area contributed by atoms with Crippen LogP contribution in [-0.4, -0.2) is 29.9 Å². The minimum Gasteiger partial charge on any atom is -0.492 e. The Kier molecular flexibility index (Phi) is 6.52. The highest BCUT2D eigenvalue weighted by atomic mass is 35.5. The van der Waals surface area contributed by atoms with Gasteiger partial charge in [-0.25, -0.2) is 4.98 Å². The molecule has 2 amide bonds. The third-order valence-electron chi connectivity index (χ3n) is 4.91. The first-order valence-electron chi connectivity index (χ1n) is 10.1. The maximum Gasteiger partial charge on any atom is 0.224 e. The summed E-state index contributed by atoms with van der Waals surface area (Å²) in [6, 6.07) is 12.9. The maximum atomic E-state index is 12.1. The van der Waals surface area contributed by atoms with Gasteiger partial charge < -0.3 is 19.8 Å². The van der Waals surface area contributed by atoms with Crippen molar-refractivity contribution in [1.29, 1.82) is 0 Å². The van der Waals surface area contributed by atoms with Gasteiger partial charge in [-0.15, -0.1) is 0 Å². The average molecular weight is 440 g/mol. The van der Waals surface area contributed by atoms with Crippen molar-refractivity contribution in [1.82, 2.24) is 10.3 Å². The molecule has 0 saturated heterocycles. The van der Waals surface area contributed by atoms with E-state index in [-0.39, 0.29) is 18.2 Å². The standard InChI is InChI=1S/C23H22ClN3O4/c24-17-4-1-15(2-5-17)20-14-26-23(31-20)10-9-21(28)25-11-12-30-18-6-7-19-16(13-18)3-8-22(29)27-19/h1-2,4-7,13-14H,3,8-12H2,(H,25,28)(H,27,29). The molecule has 160 valence electrons. The smallest absolute Gasteiger partial charge is 0.224 e. The number of oxazole rings is 1. The zero-order valence-corrected chi connectivity index (χ0v) is 17.6. The number of nitrogens with zero attached hydrogens (tertiary/aromatic N) is 1. The van der Waals surface area contributed by atoms with Crippen LogP contribution in [0.25, 0.3) is 11.3 Å². The largest absolute Gasteiger partial charge is 0.492 e. The van der Waals surface area contributed by atoms with Crippen LogP contribution in [0.5, 0.6) is 5.75 Å². The number of carbonyl (C=O) groups excluding carboxylic acids is 2. The average Bonchev–Trinajstić information content (AvgIpc) is 3.25. The molecule has 3 aromatic rings. The summed E-state index contributed by atoms with van der Waals surface area (Å²) in [6.45, 7) is 0.755. The van der Waals surface area contributed by atoms with Crippen LogP contribution < -0.4 is 15.4 Å². The summed E-state index contributed by atoms with van der Waals surface area (Å²) in [5.74, 6) is 1.82. The van der Waals surface area contributed by atoms with E-state index in [1.165, 1.54) is 0 Å². The van der Waals surface area contributed by atoms with Crippen molar-refractivity contribution >= 4 is 29.1 Å². The molecule has 1 aliphatic heterocycles. The Labute approximate surface area is 184 Å². The van der Waals surface area contributed by atoms with Crippen LogP contribution in [0.2, 0.25) is 5.02 Å². The number of fused-ring (bicyclic) bond motifs is 1. The molecule has 2 heterocycles. The zero-order chi connectivity index (χ0) is 21.6. The van der Waals surface area contributed by atoms with Crippen molar-refractivity contribution in [2.45, 2.75) is 25.7 Å². The second kappa shape index (κ2) is 9.66. The first-order valence-corrected chi connectivity index (χ1v) is 10.5. The lowest BCUT2D eigenvalue weighted by atomic mass is 10.0. The Morgan fingerprint density at radius 1 is 1.19 bits per heavy atom. The fourth-order valence-corrected chi connectivity index (χ4v) is 3.42. The number of benzene rings is 2. The zero-order valence-electron chi connectivity index (χ0n) is 16.8. The van der Waals surface area contributed by atoms with E-state index in [1.54, 1.807) is 18.3 Å². The molecular weight excluding hydrogens is 418 g/mol. The number of aromatic nitrogens is 1. The van der Waals surface area contributed by atoms with Gasteiger partial charge in [0.25, 0.3) is 0 Å². The highest BCUT2D eigenvalue weighted by molar-refractivity contribution is 6.30. The summed E-state index contributed by atoms with van der Waals surface area (Å²) in [7, 11) is 0. The molecule has 2 N–H and O–H groups in total. The molecule has 7 nitrogen and oxygen atoms in total. The molecule has 2 aromatic carbocycles. The summed E-state index contributed by atoms with van der Waals surface area (Å²) >= 11 is 5.90. The molecule has 0 spiro atoms. The second-order valence-electron chi connectivity index (χ2n) is 7.19. The quantitative estimate of drug-likeness (QED) is 0.517. The number of ether oxygens (including phenoxy) is 1. The SMILES string of the molecule is O=C(CCc1ncc(-c2ccc(Cl)cc2)o1)NCCOc1ccc2c(c1)CCC(=O)N2. The highest BCUT2D eigenvalue weighted by Crippen LogP contribution is 2.26. The molecule has 31 heavy (non-hydrogen) atoms. The number of halogens is 1. The van der Waals surface area contributed by atoms with Gasteiger partial charge in [-0.05, 0) is 54.4 Å². The van der Waals surface area contributed by atoms with Crippen molar-refractivity contribution in [3.05, 3.63) is 65.1 Å². The van der Waals surface area contributed by atoms with Crippen LogP contribution >= 0.6 is 11.6 Å². The van der Waals surface area contributed by atoms with Gasteiger partial charge in [0.2, 0.25) is 11.8 Å². The van der Waals surface area contributed by atoms with Crippen molar-refractivity contribution in [2.75, 3.05) is 18.5 Å². The maximum absolute atomic E-state index is 12.1. The van der Waals surface area contributed by atoms with E-state index in [2.05, 4.69) is 15.6 Å². The minimum atomic E-state index is -0.0944. The van der Waals surface area contributed by atoms with E-state index in [0.717, 1.165) is 22.6 Å². The van der Waals surface area contributed by atoms with Crippen molar-refractivity contribution < 1.29 is 18.7 Å². The number of aryl methyl sites for hydroxylation is 2. The number of hydrogen-bond donors (Lipinski definition) is 2. The number of amides is 2. The van der Waals surface area contributed by atoms with Crippen LogP contribution in [0.1, 0.15) is 24.3 Å². The van der Waals surface area contributed by atoms with Crippen LogP contribution in [0.15, 0.2) is 53.1 Å². The van der Waals surface area contributed by atoms with E-state index >= 15 is 0 Å². The van der Waals surface area contributed by atoms with Gasteiger partial charge in [0.15, 0.2) is 11.7 Å². The van der Waals surface area contributed by atoms with E-state index in [4.69, 9.17) is 20.8 Å². The van der Waals surface area contributed by atoms with Gasteiger partial charge in [0.05, 0.1) is 12.7 Å². The second-order valence-corrected chi connectivity index (χ2v) is 7.63. The highest BCUT2D eigenvalue weighted by Gasteiger charge is 2.15. The number of rotatable bonds is 8. The van der Waals surface area contributed by atoms with Gasteiger partial charge in [0.1, 0.15) is 12.4 Å². The van der Waals surface area contributed by atoms with Crippen LogP contribution in [-0.2, 0) is 22.4 Å². The molecule has 8 heteroatoms. The molecular formula is C23H22ClN3O4. The third-order valence-corrected chi connectivity index (χ3v) is 5.17. The predicted molar refractivity (Wildman–Crippen MR) is 117 cm³/mol. The lowest BCUT2D eigenvalue weighted by molar-refractivity contribution is -0.121. The van der Waals surface area contributed by atoms with Crippen LogP contribution in [0.3, 0.4) is 0 Å². The Hall–Kier alpha value is -3.32. The Morgan fingerprint density at radius 3 is 2.87 bits per heavy atom. The van der Waals surface area contributed by atoms with Crippen molar-refractivity contribution in [2.24, 2.45) is 0 Å². The molecule has 4 rings (SSSR count). The van der Waals surface area contributed by atoms with Crippen LogP contribution in [0.4, 0.5) is 5.69 Å². The Bertz CT molecular complexity index is 1080. The van der Waals surface area contributed by atoms with Gasteiger partial charge in [-0.3, -0.25) is 9.59 Å². The van der Waals surface area contributed by atoms with E-state index in [0.29, 0.717) is 49.1 Å². The lowest BCUT2D eigenvalue weighted by Crippen LogP contribution is -2.28. The molecule has 0 unspecified atom stereocenters. The summed E-state index contributed by atoms with van der Waals surface area (Å²) in [5, 5.41) is 6.33. The number of carbonyl (C=O) groups is 2. The molecule has 0 atom stereocenters. The Morgan fingerprint density at radius 2 is 2.03 bits per heavy atom. The topological polar surface area (TPSA) is 93.5 Å². The summed E-state index contributed by atoms with van der Waals surface area (Å²) < 4.78 is 11.4. The first-order chi connectivity index (χ1) is 15.1. The fraction of sp³-hybridized carbons (Fsp3) is 0.261.